The van der Waals surface area contributed by atoms with Gasteiger partial charge in [0.15, 0.2) is 4.80 Å². The van der Waals surface area contributed by atoms with Crippen LogP contribution in [0.2, 0.25) is 5.02 Å². The number of carbonyl (C=O) groups is 1. The fraction of sp³-hybridized carbons (Fsp3) is 0.300. The summed E-state index contributed by atoms with van der Waals surface area (Å²) in [6, 6.07) is 11.5. The van der Waals surface area contributed by atoms with Gasteiger partial charge >= 0.3 is 0 Å². The number of sulfonamides is 1. The molecule has 0 saturated carbocycles. The number of hydrogen-bond donors (Lipinski definition) is 0. The van der Waals surface area contributed by atoms with Gasteiger partial charge in [-0.1, -0.05) is 29.4 Å². The van der Waals surface area contributed by atoms with Crippen LogP contribution >= 0.6 is 22.9 Å². The summed E-state index contributed by atoms with van der Waals surface area (Å²) < 4.78 is 29.8. The quantitative estimate of drug-likeness (QED) is 0.610. The normalized spacial score (nSPS) is 16.4. The van der Waals surface area contributed by atoms with Crippen molar-refractivity contribution >= 4 is 49.1 Å². The number of aryl methyl sites for hydroxylation is 1. The molecule has 0 aliphatic carbocycles. The van der Waals surface area contributed by atoms with Crippen LogP contribution in [0.3, 0.4) is 0 Å². The van der Waals surface area contributed by atoms with Crippen molar-refractivity contribution in [2.45, 2.75) is 24.2 Å². The Balaban J connectivity index is 1.62. The van der Waals surface area contributed by atoms with E-state index in [2.05, 4.69) is 4.99 Å². The van der Waals surface area contributed by atoms with Gasteiger partial charge in [0.25, 0.3) is 5.91 Å². The predicted octanol–water partition coefficient (Wildman–Crippen LogP) is 3.81. The van der Waals surface area contributed by atoms with Crippen molar-refractivity contribution in [2.24, 2.45) is 12.0 Å². The first-order valence-electron chi connectivity index (χ1n) is 9.30. The Kier molecular flexibility index (Phi) is 5.61. The lowest BCUT2D eigenvalue weighted by atomic mass is 10.2. The first-order chi connectivity index (χ1) is 13.9. The molecule has 1 aliphatic heterocycles. The lowest BCUT2D eigenvalue weighted by Gasteiger charge is -2.25. The molecule has 0 atom stereocenters. The van der Waals surface area contributed by atoms with Gasteiger partial charge in [-0.2, -0.15) is 9.30 Å². The molecule has 9 heteroatoms. The van der Waals surface area contributed by atoms with Gasteiger partial charge in [0.2, 0.25) is 10.0 Å². The van der Waals surface area contributed by atoms with Gasteiger partial charge in [0.05, 0.1) is 15.1 Å². The summed E-state index contributed by atoms with van der Waals surface area (Å²) in [5.74, 6) is -0.417. The minimum Gasteiger partial charge on any atom is -0.319 e. The SMILES string of the molecule is Cn1c(=NC(=O)c2ccc(S(=O)(=O)N3CCCCC3)cc2)sc2cc(Cl)ccc21. The average molecular weight is 450 g/mol. The number of piperidine rings is 1. The Labute approximate surface area is 178 Å². The van der Waals surface area contributed by atoms with Crippen molar-refractivity contribution in [3.63, 3.8) is 0 Å². The number of amides is 1. The second kappa shape index (κ2) is 8.02. The first kappa shape index (κ1) is 20.3. The van der Waals surface area contributed by atoms with Crippen LogP contribution in [0.4, 0.5) is 0 Å². The van der Waals surface area contributed by atoms with E-state index < -0.39 is 15.9 Å². The highest BCUT2D eigenvalue weighted by atomic mass is 35.5. The maximum absolute atomic E-state index is 12.7. The van der Waals surface area contributed by atoms with E-state index in [1.54, 1.807) is 6.07 Å². The van der Waals surface area contributed by atoms with E-state index in [0.29, 0.717) is 28.5 Å². The van der Waals surface area contributed by atoms with E-state index in [1.807, 2.05) is 23.7 Å². The molecule has 2 heterocycles. The summed E-state index contributed by atoms with van der Waals surface area (Å²) in [5, 5.41) is 0.628. The van der Waals surface area contributed by atoms with Gasteiger partial charge in [-0.05, 0) is 55.3 Å². The van der Waals surface area contributed by atoms with Crippen LogP contribution in [0.5, 0.6) is 0 Å². The molecule has 4 rings (SSSR count). The molecule has 2 aromatic carbocycles. The first-order valence-corrected chi connectivity index (χ1v) is 11.9. The monoisotopic (exact) mass is 449 g/mol. The molecule has 29 heavy (non-hydrogen) atoms. The Morgan fingerprint density at radius 1 is 1.07 bits per heavy atom. The number of aromatic nitrogens is 1. The summed E-state index contributed by atoms with van der Waals surface area (Å²) in [6.45, 7) is 1.09. The average Bonchev–Trinajstić information content (AvgIpc) is 3.03. The molecule has 1 amide bonds. The Bertz CT molecular complexity index is 1240. The molecule has 0 bridgehead atoms. The lowest BCUT2D eigenvalue weighted by Crippen LogP contribution is -2.35. The fourth-order valence-corrected chi connectivity index (χ4v) is 6.20. The number of rotatable bonds is 3. The van der Waals surface area contributed by atoms with Crippen LogP contribution in [0.15, 0.2) is 52.4 Å². The van der Waals surface area contributed by atoms with Crippen LogP contribution in [0.25, 0.3) is 10.2 Å². The van der Waals surface area contributed by atoms with Crippen molar-refractivity contribution in [3.05, 3.63) is 57.9 Å². The Morgan fingerprint density at radius 2 is 1.76 bits per heavy atom. The highest BCUT2D eigenvalue weighted by Crippen LogP contribution is 2.22. The summed E-state index contributed by atoms with van der Waals surface area (Å²) in [7, 11) is -1.67. The predicted molar refractivity (Wildman–Crippen MR) is 115 cm³/mol. The van der Waals surface area contributed by atoms with E-state index in [9.17, 15) is 13.2 Å². The van der Waals surface area contributed by atoms with Crippen molar-refractivity contribution in [2.75, 3.05) is 13.1 Å². The number of carbonyl (C=O) groups excluding carboxylic acids is 1. The molecule has 1 aromatic heterocycles. The zero-order valence-corrected chi connectivity index (χ0v) is 18.2. The number of benzene rings is 2. The summed E-state index contributed by atoms with van der Waals surface area (Å²) in [5.41, 5.74) is 1.28. The third kappa shape index (κ3) is 4.02. The minimum atomic E-state index is -3.51. The maximum Gasteiger partial charge on any atom is 0.279 e. The molecule has 3 aromatic rings. The number of halogens is 1. The van der Waals surface area contributed by atoms with Gasteiger partial charge in [-0.3, -0.25) is 4.79 Å². The number of fused-ring (bicyclic) bond motifs is 1. The van der Waals surface area contributed by atoms with Crippen LogP contribution in [-0.4, -0.2) is 36.3 Å². The third-order valence-corrected chi connectivity index (χ3v) is 8.27. The standard InChI is InChI=1S/C20H20ClN3O3S2/c1-23-17-10-7-15(21)13-18(17)28-20(23)22-19(25)14-5-8-16(9-6-14)29(26,27)24-11-3-2-4-12-24/h5-10,13H,2-4,11-12H2,1H3. The van der Waals surface area contributed by atoms with E-state index in [4.69, 9.17) is 11.6 Å². The van der Waals surface area contributed by atoms with Gasteiger partial charge in [0.1, 0.15) is 0 Å². The molecule has 1 fully saturated rings. The van der Waals surface area contributed by atoms with Crippen LogP contribution < -0.4 is 4.80 Å². The van der Waals surface area contributed by atoms with Crippen LogP contribution in [-0.2, 0) is 17.1 Å². The highest BCUT2D eigenvalue weighted by molar-refractivity contribution is 7.89. The van der Waals surface area contributed by atoms with Gasteiger partial charge in [-0.25, -0.2) is 8.42 Å². The second-order valence-electron chi connectivity index (χ2n) is 6.96. The smallest absolute Gasteiger partial charge is 0.279 e. The zero-order chi connectivity index (χ0) is 20.6. The van der Waals surface area contributed by atoms with Gasteiger partial charge < -0.3 is 4.57 Å². The largest absolute Gasteiger partial charge is 0.319 e. The lowest BCUT2D eigenvalue weighted by molar-refractivity contribution is 0.0998. The minimum absolute atomic E-state index is 0.206. The fourth-order valence-electron chi connectivity index (χ4n) is 3.39. The van der Waals surface area contributed by atoms with Crippen molar-refractivity contribution in [1.82, 2.24) is 8.87 Å². The summed E-state index contributed by atoms with van der Waals surface area (Å²) in [6.07, 6.45) is 2.82. The molecule has 0 N–H and O–H groups in total. The van der Waals surface area contributed by atoms with Crippen LogP contribution in [0, 0.1) is 0 Å². The Morgan fingerprint density at radius 3 is 2.45 bits per heavy atom. The zero-order valence-electron chi connectivity index (χ0n) is 15.8. The molecule has 0 radical (unpaired) electrons. The second-order valence-corrected chi connectivity index (χ2v) is 10.3. The third-order valence-electron chi connectivity index (χ3n) is 5.02. The van der Waals surface area contributed by atoms with E-state index in [0.717, 1.165) is 29.5 Å². The summed E-state index contributed by atoms with van der Waals surface area (Å²) in [4.78, 5) is 17.6. The maximum atomic E-state index is 12.7. The number of thiazole rings is 1. The molecule has 152 valence electrons. The van der Waals surface area contributed by atoms with Gasteiger partial charge in [0, 0.05) is 30.7 Å². The van der Waals surface area contributed by atoms with Crippen LogP contribution in [0.1, 0.15) is 29.6 Å². The van der Waals surface area contributed by atoms with Gasteiger partial charge in [-0.15, -0.1) is 0 Å². The van der Waals surface area contributed by atoms with Crippen molar-refractivity contribution in [3.8, 4) is 0 Å². The molecule has 1 saturated heterocycles. The molecular formula is C20H20ClN3O3S2. The molecule has 0 spiro atoms. The summed E-state index contributed by atoms with van der Waals surface area (Å²) >= 11 is 7.41. The topological polar surface area (TPSA) is 71.7 Å². The number of nitrogens with zero attached hydrogens (tertiary/aromatic N) is 3. The van der Waals surface area contributed by atoms with E-state index in [-0.39, 0.29) is 4.90 Å². The molecule has 6 nitrogen and oxygen atoms in total. The van der Waals surface area contributed by atoms with E-state index >= 15 is 0 Å². The number of hydrogen-bond acceptors (Lipinski definition) is 4. The highest BCUT2D eigenvalue weighted by Gasteiger charge is 2.25. The van der Waals surface area contributed by atoms with E-state index in [1.165, 1.54) is 39.9 Å². The Hall–Kier alpha value is -2.00. The van der Waals surface area contributed by atoms with Crippen molar-refractivity contribution in [1.29, 1.82) is 0 Å². The molecule has 0 unspecified atom stereocenters. The molecular weight excluding hydrogens is 430 g/mol. The van der Waals surface area contributed by atoms with Crippen molar-refractivity contribution < 1.29 is 13.2 Å². The molecule has 1 aliphatic rings.